The van der Waals surface area contributed by atoms with Gasteiger partial charge < -0.3 is 15.0 Å². The van der Waals surface area contributed by atoms with Crippen molar-refractivity contribution in [3.63, 3.8) is 0 Å². The lowest BCUT2D eigenvalue weighted by Gasteiger charge is -2.32. The fourth-order valence-electron chi connectivity index (χ4n) is 4.41. The molecular formula is C26H26Cl2N2O3. The van der Waals surface area contributed by atoms with Crippen molar-refractivity contribution in [1.29, 1.82) is 0 Å². The van der Waals surface area contributed by atoms with Crippen molar-refractivity contribution < 1.29 is 14.3 Å². The van der Waals surface area contributed by atoms with Crippen molar-refractivity contribution in [3.8, 4) is 5.75 Å². The number of nitrogens with one attached hydrogen (secondary N) is 1. The summed E-state index contributed by atoms with van der Waals surface area (Å²) in [4.78, 5) is 28.0. The van der Waals surface area contributed by atoms with Gasteiger partial charge in [-0.15, -0.1) is 0 Å². The lowest BCUT2D eigenvalue weighted by molar-refractivity contribution is -0.126. The van der Waals surface area contributed by atoms with Gasteiger partial charge in [0.1, 0.15) is 5.75 Å². The molecule has 3 aromatic rings. The number of carbonyl (C=O) groups excluding carboxylic acids is 2. The normalized spacial score (nSPS) is 15.3. The van der Waals surface area contributed by atoms with E-state index in [0.29, 0.717) is 41.5 Å². The molecule has 0 aromatic heterocycles. The molecule has 1 fully saturated rings. The van der Waals surface area contributed by atoms with Crippen LogP contribution in [0.25, 0.3) is 10.8 Å². The Hall–Kier alpha value is -2.76. The molecule has 1 aliphatic rings. The van der Waals surface area contributed by atoms with Gasteiger partial charge in [-0.1, -0.05) is 53.5 Å². The zero-order chi connectivity index (χ0) is 23.5. The summed E-state index contributed by atoms with van der Waals surface area (Å²) in [5, 5.41) is 5.93. The first kappa shape index (κ1) is 23.4. The molecule has 7 heteroatoms. The number of fused-ring (bicyclic) bond motifs is 1. The number of carbonyl (C=O) groups is 2. The summed E-state index contributed by atoms with van der Waals surface area (Å²) in [5.74, 6) is 0.562. The van der Waals surface area contributed by atoms with Crippen LogP contribution in [0.1, 0.15) is 41.7 Å². The van der Waals surface area contributed by atoms with Gasteiger partial charge in [0.2, 0.25) is 5.91 Å². The highest BCUT2D eigenvalue weighted by Gasteiger charge is 2.29. The van der Waals surface area contributed by atoms with E-state index in [-0.39, 0.29) is 23.8 Å². The first-order valence-electron chi connectivity index (χ1n) is 11.0. The van der Waals surface area contributed by atoms with Crippen LogP contribution in [0.2, 0.25) is 10.0 Å². The van der Waals surface area contributed by atoms with Gasteiger partial charge in [-0.2, -0.15) is 0 Å². The first-order chi connectivity index (χ1) is 15.9. The smallest absolute Gasteiger partial charge is 0.254 e. The quantitative estimate of drug-likeness (QED) is 0.491. The average molecular weight is 485 g/mol. The Kier molecular flexibility index (Phi) is 7.11. The molecule has 2 amide bonds. The number of piperidine rings is 1. The number of hydrogen-bond acceptors (Lipinski definition) is 3. The Labute approximate surface area is 203 Å². The molecule has 0 spiro atoms. The van der Waals surface area contributed by atoms with Crippen LogP contribution in [0.4, 0.5) is 0 Å². The third-order valence-corrected chi connectivity index (χ3v) is 6.84. The first-order valence-corrected chi connectivity index (χ1v) is 11.7. The Bertz CT molecular complexity index is 1190. The van der Waals surface area contributed by atoms with Crippen molar-refractivity contribution in [2.75, 3.05) is 20.2 Å². The van der Waals surface area contributed by atoms with Crippen molar-refractivity contribution in [3.05, 3.63) is 75.8 Å². The van der Waals surface area contributed by atoms with Gasteiger partial charge in [0.05, 0.1) is 13.2 Å². The maximum atomic E-state index is 13.3. The molecule has 0 unspecified atom stereocenters. The van der Waals surface area contributed by atoms with Gasteiger partial charge in [0, 0.05) is 40.0 Å². The minimum absolute atomic E-state index is 0.0180. The van der Waals surface area contributed by atoms with Gasteiger partial charge >= 0.3 is 0 Å². The van der Waals surface area contributed by atoms with Gasteiger partial charge in [0.25, 0.3) is 5.91 Å². The molecule has 5 nitrogen and oxygen atoms in total. The van der Waals surface area contributed by atoms with E-state index in [4.69, 9.17) is 27.9 Å². The SMILES string of the molecule is COc1ccc(C(=O)N2CCC(C(=O)N[C@@H](C)c3ccc(Cl)cc3Cl)CC2)c2ccccc12. The fourth-order valence-corrected chi connectivity index (χ4v) is 4.98. The highest BCUT2D eigenvalue weighted by atomic mass is 35.5. The van der Waals surface area contributed by atoms with E-state index in [9.17, 15) is 9.59 Å². The summed E-state index contributed by atoms with van der Waals surface area (Å²) >= 11 is 12.2. The van der Waals surface area contributed by atoms with E-state index in [0.717, 1.165) is 22.1 Å². The van der Waals surface area contributed by atoms with Crippen LogP contribution in [-0.2, 0) is 4.79 Å². The molecule has 33 heavy (non-hydrogen) atoms. The zero-order valence-electron chi connectivity index (χ0n) is 18.6. The predicted octanol–water partition coefficient (Wildman–Crippen LogP) is 5.88. The molecule has 0 aliphatic carbocycles. The predicted molar refractivity (Wildman–Crippen MR) is 132 cm³/mol. The Morgan fingerprint density at radius 2 is 1.73 bits per heavy atom. The number of amides is 2. The summed E-state index contributed by atoms with van der Waals surface area (Å²) in [5.41, 5.74) is 1.48. The molecule has 3 aromatic carbocycles. The summed E-state index contributed by atoms with van der Waals surface area (Å²) < 4.78 is 5.44. The van der Waals surface area contributed by atoms with E-state index >= 15 is 0 Å². The van der Waals surface area contributed by atoms with Crippen LogP contribution in [-0.4, -0.2) is 36.9 Å². The number of hydrogen-bond donors (Lipinski definition) is 1. The van der Waals surface area contributed by atoms with Gasteiger partial charge in [-0.05, 0) is 55.0 Å². The molecule has 0 radical (unpaired) electrons. The Morgan fingerprint density at radius 3 is 2.39 bits per heavy atom. The second-order valence-corrected chi connectivity index (χ2v) is 9.17. The van der Waals surface area contributed by atoms with Crippen molar-refractivity contribution in [1.82, 2.24) is 10.2 Å². The Morgan fingerprint density at radius 1 is 1.03 bits per heavy atom. The third-order valence-electron chi connectivity index (χ3n) is 6.28. The average Bonchev–Trinajstić information content (AvgIpc) is 2.82. The standard InChI is InChI=1S/C26H26Cl2N2O3/c1-16(19-8-7-18(27)15-23(19)28)29-25(31)17-11-13-30(14-12-17)26(32)22-9-10-24(33-2)21-6-4-3-5-20(21)22/h3-10,15-17H,11-14H2,1-2H3,(H,29,31)/t16-/m0/s1. The van der Waals surface area contributed by atoms with Crippen LogP contribution in [0.5, 0.6) is 5.75 Å². The summed E-state index contributed by atoms with van der Waals surface area (Å²) in [7, 11) is 1.63. The molecule has 1 saturated heterocycles. The molecule has 1 atom stereocenters. The van der Waals surface area contributed by atoms with Crippen LogP contribution in [0, 0.1) is 5.92 Å². The highest BCUT2D eigenvalue weighted by molar-refractivity contribution is 6.35. The number of likely N-dealkylation sites (tertiary alicyclic amines) is 1. The highest BCUT2D eigenvalue weighted by Crippen LogP contribution is 2.31. The van der Waals surface area contributed by atoms with Crippen molar-refractivity contribution >= 4 is 45.8 Å². The lowest BCUT2D eigenvalue weighted by atomic mass is 9.94. The molecule has 1 heterocycles. The molecule has 0 bridgehead atoms. The summed E-state index contributed by atoms with van der Waals surface area (Å²) in [6, 6.07) is 16.4. The number of halogens is 2. The van der Waals surface area contributed by atoms with Gasteiger partial charge in [-0.25, -0.2) is 0 Å². The topological polar surface area (TPSA) is 58.6 Å². The molecule has 1 N–H and O–H groups in total. The fraction of sp³-hybridized carbons (Fsp3) is 0.308. The zero-order valence-corrected chi connectivity index (χ0v) is 20.1. The molecule has 0 saturated carbocycles. The third kappa shape index (κ3) is 4.94. The minimum Gasteiger partial charge on any atom is -0.496 e. The summed E-state index contributed by atoms with van der Waals surface area (Å²) in [6.07, 6.45) is 1.24. The number of rotatable bonds is 5. The van der Waals surface area contributed by atoms with E-state index in [1.165, 1.54) is 0 Å². The minimum atomic E-state index is -0.229. The molecular weight excluding hydrogens is 459 g/mol. The second-order valence-electron chi connectivity index (χ2n) is 8.32. The molecule has 4 rings (SSSR count). The van der Waals surface area contributed by atoms with Crippen LogP contribution in [0.15, 0.2) is 54.6 Å². The largest absolute Gasteiger partial charge is 0.496 e. The molecule has 172 valence electrons. The van der Waals surface area contributed by atoms with E-state index < -0.39 is 0 Å². The number of methoxy groups -OCH3 is 1. The maximum absolute atomic E-state index is 13.3. The van der Waals surface area contributed by atoms with Crippen LogP contribution in [0.3, 0.4) is 0 Å². The number of ether oxygens (including phenoxy) is 1. The number of nitrogens with zero attached hydrogens (tertiary/aromatic N) is 1. The maximum Gasteiger partial charge on any atom is 0.254 e. The van der Waals surface area contributed by atoms with E-state index in [1.54, 1.807) is 19.2 Å². The van der Waals surface area contributed by atoms with Crippen molar-refractivity contribution in [2.45, 2.75) is 25.8 Å². The lowest BCUT2D eigenvalue weighted by Crippen LogP contribution is -2.43. The van der Waals surface area contributed by atoms with E-state index in [1.807, 2.05) is 54.3 Å². The monoisotopic (exact) mass is 484 g/mol. The Balaban J connectivity index is 1.40. The van der Waals surface area contributed by atoms with Gasteiger partial charge in [0.15, 0.2) is 0 Å². The molecule has 1 aliphatic heterocycles. The van der Waals surface area contributed by atoms with Crippen LogP contribution >= 0.6 is 23.2 Å². The van der Waals surface area contributed by atoms with E-state index in [2.05, 4.69) is 5.32 Å². The number of benzene rings is 3. The van der Waals surface area contributed by atoms with Crippen molar-refractivity contribution in [2.24, 2.45) is 5.92 Å². The van der Waals surface area contributed by atoms with Gasteiger partial charge in [-0.3, -0.25) is 9.59 Å². The second kappa shape index (κ2) is 10.0. The van der Waals surface area contributed by atoms with Crippen LogP contribution < -0.4 is 10.1 Å². The summed E-state index contributed by atoms with van der Waals surface area (Å²) in [6.45, 7) is 2.97.